The number of carbonyl (C=O) groups excluding carboxylic acids is 1. The van der Waals surface area contributed by atoms with Gasteiger partial charge in [-0.1, -0.05) is 0 Å². The molecule has 0 bridgehead atoms. The number of amides is 1. The molecule has 3 N–H and O–H groups in total. The van der Waals surface area contributed by atoms with E-state index < -0.39 is 5.91 Å². The third-order valence-corrected chi connectivity index (χ3v) is 3.43. The van der Waals surface area contributed by atoms with E-state index in [-0.39, 0.29) is 0 Å². The second kappa shape index (κ2) is 5.87. The van der Waals surface area contributed by atoms with Gasteiger partial charge in [-0.05, 0) is 30.7 Å². The van der Waals surface area contributed by atoms with Crippen molar-refractivity contribution in [3.05, 3.63) is 41.2 Å². The summed E-state index contributed by atoms with van der Waals surface area (Å²) >= 11 is 0. The molecule has 2 aromatic rings. The van der Waals surface area contributed by atoms with E-state index in [4.69, 9.17) is 5.73 Å². The SMILES string of the molecule is Cc1cc(C(N)=O)ccc1NCc1cnc(N(C)C)n1C. The summed E-state index contributed by atoms with van der Waals surface area (Å²) < 4.78 is 2.04. The van der Waals surface area contributed by atoms with Crippen molar-refractivity contribution in [2.75, 3.05) is 24.3 Å². The number of nitrogens with zero attached hydrogens (tertiary/aromatic N) is 3. The van der Waals surface area contributed by atoms with Gasteiger partial charge >= 0.3 is 0 Å². The minimum Gasteiger partial charge on any atom is -0.379 e. The smallest absolute Gasteiger partial charge is 0.248 e. The Kier molecular flexibility index (Phi) is 4.16. The molecule has 21 heavy (non-hydrogen) atoms. The minimum absolute atomic E-state index is 0.410. The zero-order valence-electron chi connectivity index (χ0n) is 12.8. The van der Waals surface area contributed by atoms with Crippen LogP contribution in [-0.4, -0.2) is 29.6 Å². The van der Waals surface area contributed by atoms with E-state index in [2.05, 4.69) is 10.3 Å². The Balaban J connectivity index is 2.12. The Bertz CT molecular complexity index is 660. The van der Waals surface area contributed by atoms with Crippen molar-refractivity contribution in [2.45, 2.75) is 13.5 Å². The highest BCUT2D eigenvalue weighted by atomic mass is 16.1. The first-order chi connectivity index (χ1) is 9.90. The Labute approximate surface area is 124 Å². The number of primary amides is 1. The first-order valence-electron chi connectivity index (χ1n) is 6.72. The Hall–Kier alpha value is -2.50. The number of benzene rings is 1. The third-order valence-electron chi connectivity index (χ3n) is 3.43. The van der Waals surface area contributed by atoms with Crippen LogP contribution in [0.2, 0.25) is 0 Å². The molecule has 0 radical (unpaired) electrons. The van der Waals surface area contributed by atoms with E-state index in [1.807, 2.05) is 49.8 Å². The second-order valence-electron chi connectivity index (χ2n) is 5.25. The number of hydrogen-bond acceptors (Lipinski definition) is 4. The largest absolute Gasteiger partial charge is 0.379 e. The summed E-state index contributed by atoms with van der Waals surface area (Å²) in [5, 5.41) is 3.36. The normalized spacial score (nSPS) is 10.5. The van der Waals surface area contributed by atoms with Gasteiger partial charge in [0.25, 0.3) is 0 Å². The molecule has 0 saturated heterocycles. The second-order valence-corrected chi connectivity index (χ2v) is 5.25. The number of nitrogens with one attached hydrogen (secondary N) is 1. The van der Waals surface area contributed by atoms with E-state index in [0.29, 0.717) is 12.1 Å². The quantitative estimate of drug-likeness (QED) is 0.874. The van der Waals surface area contributed by atoms with Crippen LogP contribution in [0.3, 0.4) is 0 Å². The summed E-state index contributed by atoms with van der Waals surface area (Å²) in [5.41, 5.74) is 8.84. The molecule has 1 aromatic carbocycles. The van der Waals surface area contributed by atoms with Crippen molar-refractivity contribution in [1.82, 2.24) is 9.55 Å². The van der Waals surface area contributed by atoms with Gasteiger partial charge in [-0.15, -0.1) is 0 Å². The van der Waals surface area contributed by atoms with Gasteiger partial charge in [0.1, 0.15) is 0 Å². The number of rotatable bonds is 5. The van der Waals surface area contributed by atoms with Gasteiger partial charge in [-0.3, -0.25) is 4.79 Å². The third kappa shape index (κ3) is 3.16. The van der Waals surface area contributed by atoms with Crippen LogP contribution in [0.15, 0.2) is 24.4 Å². The Morgan fingerprint density at radius 1 is 1.43 bits per heavy atom. The lowest BCUT2D eigenvalue weighted by Gasteiger charge is -2.14. The van der Waals surface area contributed by atoms with Gasteiger partial charge in [0, 0.05) is 32.4 Å². The highest BCUT2D eigenvalue weighted by molar-refractivity contribution is 5.93. The molecule has 0 spiro atoms. The highest BCUT2D eigenvalue weighted by Crippen LogP contribution is 2.18. The van der Waals surface area contributed by atoms with Gasteiger partial charge in [0.2, 0.25) is 11.9 Å². The molecule has 0 unspecified atom stereocenters. The summed E-state index contributed by atoms with van der Waals surface area (Å²) in [4.78, 5) is 17.5. The maximum Gasteiger partial charge on any atom is 0.248 e. The fraction of sp³-hybridized carbons (Fsp3) is 0.333. The van der Waals surface area contributed by atoms with Crippen molar-refractivity contribution in [3.8, 4) is 0 Å². The zero-order valence-corrected chi connectivity index (χ0v) is 12.8. The molecule has 1 heterocycles. The first kappa shape index (κ1) is 14.9. The molecule has 0 aliphatic heterocycles. The van der Waals surface area contributed by atoms with Crippen LogP contribution >= 0.6 is 0 Å². The molecule has 0 aliphatic rings. The van der Waals surface area contributed by atoms with Crippen LogP contribution in [0.1, 0.15) is 21.6 Å². The molecule has 0 fully saturated rings. The molecule has 0 atom stereocenters. The maximum absolute atomic E-state index is 11.1. The van der Waals surface area contributed by atoms with Gasteiger partial charge in [-0.25, -0.2) is 4.98 Å². The van der Waals surface area contributed by atoms with Crippen molar-refractivity contribution < 1.29 is 4.79 Å². The number of aromatic nitrogens is 2. The van der Waals surface area contributed by atoms with Crippen LogP contribution in [0.25, 0.3) is 0 Å². The number of nitrogens with two attached hydrogens (primary N) is 1. The van der Waals surface area contributed by atoms with Crippen LogP contribution in [0.5, 0.6) is 0 Å². The fourth-order valence-electron chi connectivity index (χ4n) is 2.21. The van der Waals surface area contributed by atoms with Crippen LogP contribution in [0, 0.1) is 6.92 Å². The number of anilines is 2. The average Bonchev–Trinajstić information content (AvgIpc) is 2.78. The molecule has 2 rings (SSSR count). The van der Waals surface area contributed by atoms with Crippen LogP contribution in [0.4, 0.5) is 11.6 Å². The minimum atomic E-state index is -0.410. The summed E-state index contributed by atoms with van der Waals surface area (Å²) in [5.74, 6) is 0.500. The summed E-state index contributed by atoms with van der Waals surface area (Å²) in [6, 6.07) is 5.39. The summed E-state index contributed by atoms with van der Waals surface area (Å²) in [6.07, 6.45) is 1.86. The number of imidazole rings is 1. The van der Waals surface area contributed by atoms with E-state index in [9.17, 15) is 4.79 Å². The van der Waals surface area contributed by atoms with Gasteiger partial charge in [0.15, 0.2) is 0 Å². The van der Waals surface area contributed by atoms with Gasteiger partial charge in [0.05, 0.1) is 18.4 Å². The molecule has 0 aliphatic carbocycles. The maximum atomic E-state index is 11.1. The monoisotopic (exact) mass is 287 g/mol. The van der Waals surface area contributed by atoms with E-state index in [1.165, 1.54) is 0 Å². The molecule has 112 valence electrons. The number of aryl methyl sites for hydroxylation is 1. The number of hydrogen-bond donors (Lipinski definition) is 2. The van der Waals surface area contributed by atoms with Crippen LogP contribution < -0.4 is 16.0 Å². The van der Waals surface area contributed by atoms with Crippen molar-refractivity contribution in [2.24, 2.45) is 12.8 Å². The highest BCUT2D eigenvalue weighted by Gasteiger charge is 2.09. The standard InChI is InChI=1S/C15H21N5O/c1-10-7-11(14(16)21)5-6-13(10)17-8-12-9-18-15(19(2)3)20(12)4/h5-7,9,17H,8H2,1-4H3,(H2,16,21). The topological polar surface area (TPSA) is 76.2 Å². The summed E-state index contributed by atoms with van der Waals surface area (Å²) in [6.45, 7) is 2.61. The van der Waals surface area contributed by atoms with Crippen molar-refractivity contribution in [1.29, 1.82) is 0 Å². The van der Waals surface area contributed by atoms with E-state index in [1.54, 1.807) is 12.1 Å². The number of carbonyl (C=O) groups is 1. The first-order valence-corrected chi connectivity index (χ1v) is 6.72. The summed E-state index contributed by atoms with van der Waals surface area (Å²) in [7, 11) is 5.92. The lowest BCUT2D eigenvalue weighted by molar-refractivity contribution is 0.1000. The molecular weight excluding hydrogens is 266 g/mol. The van der Waals surface area contributed by atoms with E-state index in [0.717, 1.165) is 22.9 Å². The predicted molar refractivity (Wildman–Crippen MR) is 84.6 cm³/mol. The van der Waals surface area contributed by atoms with Crippen molar-refractivity contribution >= 4 is 17.5 Å². The molecule has 0 saturated carbocycles. The fourth-order valence-corrected chi connectivity index (χ4v) is 2.21. The van der Waals surface area contributed by atoms with Crippen molar-refractivity contribution in [3.63, 3.8) is 0 Å². The molecule has 1 aromatic heterocycles. The van der Waals surface area contributed by atoms with E-state index >= 15 is 0 Å². The zero-order chi connectivity index (χ0) is 15.6. The molecule has 6 heteroatoms. The molecule has 6 nitrogen and oxygen atoms in total. The lowest BCUT2D eigenvalue weighted by Crippen LogP contribution is -2.15. The lowest BCUT2D eigenvalue weighted by atomic mass is 10.1. The average molecular weight is 287 g/mol. The van der Waals surface area contributed by atoms with Crippen LogP contribution in [-0.2, 0) is 13.6 Å². The Morgan fingerprint density at radius 2 is 2.14 bits per heavy atom. The molecular formula is C15H21N5O. The van der Waals surface area contributed by atoms with Gasteiger partial charge < -0.3 is 20.5 Å². The molecule has 1 amide bonds. The predicted octanol–water partition coefficient (Wildman–Crippen LogP) is 1.51. The Morgan fingerprint density at radius 3 is 2.67 bits per heavy atom. The van der Waals surface area contributed by atoms with Gasteiger partial charge in [-0.2, -0.15) is 0 Å².